The van der Waals surface area contributed by atoms with E-state index in [0.29, 0.717) is 39.6 Å². The molecule has 154 valence electrons. The molecule has 0 atom stereocenters. The standard InChI is InChI=1S/C21H36N2O4/c1-2-22-8-12-24-16-18-26-14-10-23(20-21-6-4-3-5-7-21)11-15-27-19-17-25-13-9-22/h3-7H,2,8-20H2,1H3. The maximum atomic E-state index is 5.76. The third-order valence-corrected chi connectivity index (χ3v) is 4.65. The second-order valence-corrected chi connectivity index (χ2v) is 6.65. The minimum absolute atomic E-state index is 0.644. The highest BCUT2D eigenvalue weighted by molar-refractivity contribution is 5.14. The predicted octanol–water partition coefficient (Wildman–Crippen LogP) is 1.89. The van der Waals surface area contributed by atoms with Gasteiger partial charge in [0.05, 0.1) is 52.9 Å². The highest BCUT2D eigenvalue weighted by atomic mass is 16.5. The van der Waals surface area contributed by atoms with Crippen LogP contribution in [-0.4, -0.2) is 95.4 Å². The predicted molar refractivity (Wildman–Crippen MR) is 107 cm³/mol. The fourth-order valence-electron chi connectivity index (χ4n) is 2.96. The van der Waals surface area contributed by atoms with Crippen LogP contribution < -0.4 is 0 Å². The van der Waals surface area contributed by atoms with Crippen LogP contribution in [0, 0.1) is 0 Å². The van der Waals surface area contributed by atoms with E-state index in [-0.39, 0.29) is 0 Å². The first-order valence-electron chi connectivity index (χ1n) is 10.2. The smallest absolute Gasteiger partial charge is 0.0701 e. The lowest BCUT2D eigenvalue weighted by molar-refractivity contribution is 0.00772. The number of hydrogen-bond acceptors (Lipinski definition) is 6. The van der Waals surface area contributed by atoms with Crippen LogP contribution in [0.1, 0.15) is 12.5 Å². The average molecular weight is 381 g/mol. The third kappa shape index (κ3) is 10.8. The number of ether oxygens (including phenoxy) is 4. The molecule has 2 rings (SSSR count). The summed E-state index contributed by atoms with van der Waals surface area (Å²) in [5.74, 6) is 0. The van der Waals surface area contributed by atoms with Crippen LogP contribution in [0.3, 0.4) is 0 Å². The molecule has 0 N–H and O–H groups in total. The van der Waals surface area contributed by atoms with Crippen LogP contribution >= 0.6 is 0 Å². The van der Waals surface area contributed by atoms with Crippen molar-refractivity contribution in [2.45, 2.75) is 13.5 Å². The Morgan fingerprint density at radius 3 is 1.52 bits per heavy atom. The van der Waals surface area contributed by atoms with Crippen molar-refractivity contribution in [3.05, 3.63) is 35.9 Å². The van der Waals surface area contributed by atoms with Crippen molar-refractivity contribution in [1.29, 1.82) is 0 Å². The summed E-state index contributed by atoms with van der Waals surface area (Å²) in [6, 6.07) is 10.5. The van der Waals surface area contributed by atoms with Gasteiger partial charge in [0.1, 0.15) is 0 Å². The van der Waals surface area contributed by atoms with Gasteiger partial charge in [0.2, 0.25) is 0 Å². The second-order valence-electron chi connectivity index (χ2n) is 6.65. The van der Waals surface area contributed by atoms with Gasteiger partial charge in [-0.05, 0) is 12.1 Å². The summed E-state index contributed by atoms with van der Waals surface area (Å²) >= 11 is 0. The summed E-state index contributed by atoms with van der Waals surface area (Å²) in [4.78, 5) is 4.71. The highest BCUT2D eigenvalue weighted by Crippen LogP contribution is 2.04. The van der Waals surface area contributed by atoms with Gasteiger partial charge in [0, 0.05) is 32.7 Å². The SMILES string of the molecule is CCN1CCOCCOCCN(Cc2ccccc2)CCOCCOCC1. The largest absolute Gasteiger partial charge is 0.378 e. The molecule has 0 unspecified atom stereocenters. The number of likely N-dealkylation sites (N-methyl/N-ethyl adjacent to an activating group) is 1. The van der Waals surface area contributed by atoms with E-state index in [1.807, 2.05) is 0 Å². The molecule has 0 aliphatic carbocycles. The summed E-state index contributed by atoms with van der Waals surface area (Å²) in [7, 11) is 0. The first-order chi connectivity index (χ1) is 13.4. The van der Waals surface area contributed by atoms with E-state index in [0.717, 1.165) is 52.5 Å². The van der Waals surface area contributed by atoms with Crippen molar-refractivity contribution in [2.24, 2.45) is 0 Å². The van der Waals surface area contributed by atoms with E-state index >= 15 is 0 Å². The Morgan fingerprint density at radius 1 is 0.630 bits per heavy atom. The van der Waals surface area contributed by atoms with Crippen LogP contribution in [0.25, 0.3) is 0 Å². The van der Waals surface area contributed by atoms with Gasteiger partial charge in [-0.3, -0.25) is 9.80 Å². The molecule has 0 bridgehead atoms. The van der Waals surface area contributed by atoms with Crippen LogP contribution in [0.15, 0.2) is 30.3 Å². The zero-order valence-corrected chi connectivity index (χ0v) is 16.8. The molecule has 0 saturated carbocycles. The van der Waals surface area contributed by atoms with Crippen molar-refractivity contribution in [2.75, 3.05) is 85.6 Å². The first-order valence-corrected chi connectivity index (χ1v) is 10.2. The van der Waals surface area contributed by atoms with E-state index in [1.165, 1.54) is 5.56 Å². The van der Waals surface area contributed by atoms with Crippen molar-refractivity contribution < 1.29 is 18.9 Å². The number of benzene rings is 1. The fourth-order valence-corrected chi connectivity index (χ4v) is 2.96. The zero-order chi connectivity index (χ0) is 19.0. The van der Waals surface area contributed by atoms with Gasteiger partial charge in [-0.25, -0.2) is 0 Å². The Balaban J connectivity index is 1.75. The van der Waals surface area contributed by atoms with Gasteiger partial charge in [0.15, 0.2) is 0 Å². The Bertz CT molecular complexity index is 441. The van der Waals surface area contributed by atoms with Gasteiger partial charge in [-0.15, -0.1) is 0 Å². The van der Waals surface area contributed by atoms with Crippen LogP contribution in [0.5, 0.6) is 0 Å². The Labute approximate surface area is 164 Å². The summed E-state index contributed by atoms with van der Waals surface area (Å²) in [6.07, 6.45) is 0. The Kier molecular flexibility index (Phi) is 12.3. The van der Waals surface area contributed by atoms with Crippen molar-refractivity contribution >= 4 is 0 Å². The summed E-state index contributed by atoms with van der Waals surface area (Å²) in [6.45, 7) is 13.2. The molecule has 1 heterocycles. The molecule has 1 saturated heterocycles. The molecule has 1 aromatic carbocycles. The van der Waals surface area contributed by atoms with Gasteiger partial charge >= 0.3 is 0 Å². The summed E-state index contributed by atoms with van der Waals surface area (Å²) in [5.41, 5.74) is 1.31. The minimum atomic E-state index is 0.644. The monoisotopic (exact) mass is 380 g/mol. The molecule has 0 spiro atoms. The molecule has 6 nitrogen and oxygen atoms in total. The van der Waals surface area contributed by atoms with Gasteiger partial charge in [-0.1, -0.05) is 37.3 Å². The fraction of sp³-hybridized carbons (Fsp3) is 0.714. The third-order valence-electron chi connectivity index (χ3n) is 4.65. The van der Waals surface area contributed by atoms with Gasteiger partial charge in [-0.2, -0.15) is 0 Å². The van der Waals surface area contributed by atoms with E-state index < -0.39 is 0 Å². The maximum absolute atomic E-state index is 5.76. The summed E-state index contributed by atoms with van der Waals surface area (Å²) < 4.78 is 22.9. The lowest BCUT2D eigenvalue weighted by atomic mass is 10.2. The first kappa shape index (κ1) is 22.3. The topological polar surface area (TPSA) is 43.4 Å². The van der Waals surface area contributed by atoms with E-state index in [1.54, 1.807) is 0 Å². The van der Waals surface area contributed by atoms with Gasteiger partial charge in [0.25, 0.3) is 0 Å². The Hall–Kier alpha value is -1.02. The quantitative estimate of drug-likeness (QED) is 0.798. The number of rotatable bonds is 3. The lowest BCUT2D eigenvalue weighted by Crippen LogP contribution is -2.32. The second kappa shape index (κ2) is 15.0. The molecular weight excluding hydrogens is 344 g/mol. The van der Waals surface area contributed by atoms with Crippen LogP contribution in [-0.2, 0) is 25.5 Å². The Morgan fingerprint density at radius 2 is 1.07 bits per heavy atom. The molecule has 0 aromatic heterocycles. The lowest BCUT2D eigenvalue weighted by Gasteiger charge is -2.23. The van der Waals surface area contributed by atoms with Crippen molar-refractivity contribution in [3.8, 4) is 0 Å². The molecule has 1 aliphatic rings. The zero-order valence-electron chi connectivity index (χ0n) is 16.8. The minimum Gasteiger partial charge on any atom is -0.378 e. The molecule has 0 radical (unpaired) electrons. The van der Waals surface area contributed by atoms with E-state index in [9.17, 15) is 0 Å². The number of nitrogens with zero attached hydrogens (tertiary/aromatic N) is 2. The van der Waals surface area contributed by atoms with Crippen LogP contribution in [0.4, 0.5) is 0 Å². The molecule has 27 heavy (non-hydrogen) atoms. The van der Waals surface area contributed by atoms with Crippen molar-refractivity contribution in [1.82, 2.24) is 9.80 Å². The molecule has 6 heteroatoms. The average Bonchev–Trinajstić information content (AvgIpc) is 2.70. The van der Waals surface area contributed by atoms with Gasteiger partial charge < -0.3 is 18.9 Å². The highest BCUT2D eigenvalue weighted by Gasteiger charge is 2.07. The molecule has 1 aromatic rings. The molecule has 1 fully saturated rings. The van der Waals surface area contributed by atoms with E-state index in [2.05, 4.69) is 47.1 Å². The molecule has 0 amide bonds. The normalized spacial score (nSPS) is 21.4. The molecule has 1 aliphatic heterocycles. The van der Waals surface area contributed by atoms with Crippen molar-refractivity contribution in [3.63, 3.8) is 0 Å². The maximum Gasteiger partial charge on any atom is 0.0701 e. The van der Waals surface area contributed by atoms with Crippen LogP contribution in [0.2, 0.25) is 0 Å². The summed E-state index contributed by atoms with van der Waals surface area (Å²) in [5, 5.41) is 0. The van der Waals surface area contributed by atoms with E-state index in [4.69, 9.17) is 18.9 Å². The molecular formula is C21H36N2O4. The number of hydrogen-bond donors (Lipinski definition) is 0.